The highest BCUT2D eigenvalue weighted by molar-refractivity contribution is 7.99. The van der Waals surface area contributed by atoms with Gasteiger partial charge in [0.05, 0.1) is 4.92 Å². The summed E-state index contributed by atoms with van der Waals surface area (Å²) in [5, 5.41) is 17.4. The monoisotopic (exact) mass is 308 g/mol. The molecule has 0 unspecified atom stereocenters. The second kappa shape index (κ2) is 6.35. The van der Waals surface area contributed by atoms with Gasteiger partial charge >= 0.3 is 5.69 Å². The van der Waals surface area contributed by atoms with Crippen molar-refractivity contribution in [3.63, 3.8) is 0 Å². The summed E-state index contributed by atoms with van der Waals surface area (Å²) in [6.45, 7) is 2.43. The molecule has 1 heterocycles. The zero-order chi connectivity index (χ0) is 15.4. The molecule has 1 N–H and O–H groups in total. The molecule has 8 nitrogen and oxygen atoms in total. The minimum atomic E-state index is -0.566. The van der Waals surface area contributed by atoms with Gasteiger partial charge in [-0.2, -0.15) is 0 Å². The maximum Gasteiger partial charge on any atom is 0.343 e. The molecule has 2 rings (SSSR count). The van der Waals surface area contributed by atoms with Crippen LogP contribution < -0.4 is 5.69 Å². The van der Waals surface area contributed by atoms with Crippen molar-refractivity contribution in [3.05, 3.63) is 44.4 Å². The van der Waals surface area contributed by atoms with Gasteiger partial charge in [0.15, 0.2) is 11.4 Å². The Labute approximate surface area is 123 Å². The lowest BCUT2D eigenvalue weighted by Gasteiger charge is -2.05. The zero-order valence-corrected chi connectivity index (χ0v) is 11.9. The molecule has 21 heavy (non-hydrogen) atoms. The number of benzene rings is 1. The van der Waals surface area contributed by atoms with Crippen molar-refractivity contribution in [3.8, 4) is 0 Å². The molecule has 0 aliphatic heterocycles. The summed E-state index contributed by atoms with van der Waals surface area (Å²) in [4.78, 5) is 33.3. The average molecular weight is 308 g/mol. The summed E-state index contributed by atoms with van der Waals surface area (Å²) in [5.41, 5.74) is -0.295. The molecule has 0 amide bonds. The van der Waals surface area contributed by atoms with Crippen molar-refractivity contribution in [1.29, 1.82) is 0 Å². The van der Waals surface area contributed by atoms with Crippen molar-refractivity contribution in [1.82, 2.24) is 14.8 Å². The highest BCUT2D eigenvalue weighted by atomic mass is 32.2. The van der Waals surface area contributed by atoms with Crippen LogP contribution in [0.2, 0.25) is 0 Å². The fourth-order valence-electron chi connectivity index (χ4n) is 1.73. The summed E-state index contributed by atoms with van der Waals surface area (Å²) < 4.78 is 1.46. The van der Waals surface area contributed by atoms with Gasteiger partial charge in [-0.3, -0.25) is 19.5 Å². The Bertz CT molecular complexity index is 737. The van der Waals surface area contributed by atoms with E-state index in [0.717, 1.165) is 18.2 Å². The molecule has 0 aliphatic carbocycles. The largest absolute Gasteiger partial charge is 0.343 e. The third kappa shape index (κ3) is 3.19. The number of nitro benzene ring substituents is 1. The molecular formula is C12H12N4O4S. The maximum absolute atomic E-state index is 11.6. The smallest absolute Gasteiger partial charge is 0.298 e. The molecule has 1 aromatic carbocycles. The van der Waals surface area contributed by atoms with Crippen LogP contribution in [0.25, 0.3) is 0 Å². The van der Waals surface area contributed by atoms with E-state index in [9.17, 15) is 19.7 Å². The fourth-order valence-corrected chi connectivity index (χ4v) is 2.67. The van der Waals surface area contributed by atoms with E-state index < -0.39 is 4.92 Å². The molecule has 2 aromatic rings. The van der Waals surface area contributed by atoms with Crippen LogP contribution in [-0.2, 0) is 6.54 Å². The molecule has 9 heteroatoms. The number of nitrogens with one attached hydrogen (secondary N) is 1. The Morgan fingerprint density at radius 1 is 1.52 bits per heavy atom. The number of rotatable bonds is 6. The van der Waals surface area contributed by atoms with E-state index in [1.165, 1.54) is 22.8 Å². The third-order valence-electron chi connectivity index (χ3n) is 2.70. The zero-order valence-electron chi connectivity index (χ0n) is 11.1. The Morgan fingerprint density at radius 3 is 2.90 bits per heavy atom. The van der Waals surface area contributed by atoms with Crippen LogP contribution >= 0.6 is 11.8 Å². The van der Waals surface area contributed by atoms with Crippen LogP contribution in [0.4, 0.5) is 5.69 Å². The van der Waals surface area contributed by atoms with Crippen molar-refractivity contribution in [2.45, 2.75) is 29.9 Å². The van der Waals surface area contributed by atoms with Gasteiger partial charge in [-0.05, 0) is 24.2 Å². The molecule has 0 saturated heterocycles. The van der Waals surface area contributed by atoms with Gasteiger partial charge in [0.25, 0.3) is 5.69 Å². The highest BCUT2D eigenvalue weighted by Crippen LogP contribution is 2.30. The number of H-pyrrole nitrogens is 1. The summed E-state index contributed by atoms with van der Waals surface area (Å²) in [6.07, 6.45) is 1.30. The number of carbonyl (C=O) groups is 1. The first-order chi connectivity index (χ1) is 10.1. The van der Waals surface area contributed by atoms with Crippen LogP contribution in [0.5, 0.6) is 0 Å². The van der Waals surface area contributed by atoms with Crippen molar-refractivity contribution in [2.24, 2.45) is 0 Å². The third-order valence-corrected chi connectivity index (χ3v) is 3.79. The second-order valence-electron chi connectivity index (χ2n) is 4.16. The predicted octanol–water partition coefficient (Wildman–Crippen LogP) is 1.85. The van der Waals surface area contributed by atoms with E-state index in [-0.39, 0.29) is 16.9 Å². The number of hydrogen-bond acceptors (Lipinski definition) is 6. The number of nitro groups is 1. The maximum atomic E-state index is 11.6. The molecular weight excluding hydrogens is 296 g/mol. The fraction of sp³-hybridized carbons (Fsp3) is 0.250. The van der Waals surface area contributed by atoms with E-state index in [1.807, 2.05) is 6.92 Å². The van der Waals surface area contributed by atoms with Crippen LogP contribution in [0.3, 0.4) is 0 Å². The molecule has 0 fully saturated rings. The standard InChI is InChI=1S/C12H12N4O4S/c1-2-5-15-11(18)13-14-12(15)21-10-4-3-9(16(19)20)6-8(10)7-17/h3-4,6-7H,2,5H2,1H3,(H,13,18). The van der Waals surface area contributed by atoms with Gasteiger partial charge in [0.2, 0.25) is 0 Å². The molecule has 0 saturated carbocycles. The Morgan fingerprint density at radius 2 is 2.29 bits per heavy atom. The minimum Gasteiger partial charge on any atom is -0.298 e. The van der Waals surface area contributed by atoms with Gasteiger partial charge < -0.3 is 0 Å². The minimum absolute atomic E-state index is 0.158. The number of aromatic nitrogens is 3. The molecule has 0 bridgehead atoms. The Hall–Kier alpha value is -2.42. The number of carbonyl (C=O) groups excluding carboxylic acids is 1. The predicted molar refractivity (Wildman–Crippen MR) is 75.7 cm³/mol. The molecule has 1 aromatic heterocycles. The van der Waals surface area contributed by atoms with E-state index >= 15 is 0 Å². The number of hydrogen-bond donors (Lipinski definition) is 1. The number of aromatic amines is 1. The van der Waals surface area contributed by atoms with Gasteiger partial charge in [-0.1, -0.05) is 6.92 Å². The SMILES string of the molecule is CCCn1c(Sc2ccc([N+](=O)[O-])cc2C=O)n[nH]c1=O. The van der Waals surface area contributed by atoms with Gasteiger partial charge in [0.1, 0.15) is 0 Å². The first kappa shape index (κ1) is 15.0. The lowest BCUT2D eigenvalue weighted by atomic mass is 10.2. The Kier molecular flexibility index (Phi) is 4.53. The van der Waals surface area contributed by atoms with E-state index in [4.69, 9.17) is 0 Å². The van der Waals surface area contributed by atoms with E-state index in [0.29, 0.717) is 22.9 Å². The number of aldehydes is 1. The first-order valence-corrected chi connectivity index (χ1v) is 6.95. The average Bonchev–Trinajstić information content (AvgIpc) is 2.81. The molecule has 0 aliphatic rings. The molecule has 110 valence electrons. The van der Waals surface area contributed by atoms with Crippen LogP contribution in [0, 0.1) is 10.1 Å². The van der Waals surface area contributed by atoms with Gasteiger partial charge in [-0.15, -0.1) is 5.10 Å². The van der Waals surface area contributed by atoms with E-state index in [1.54, 1.807) is 0 Å². The molecule has 0 atom stereocenters. The summed E-state index contributed by atoms with van der Waals surface area (Å²) in [5.74, 6) is 0. The number of nitrogens with zero attached hydrogens (tertiary/aromatic N) is 3. The van der Waals surface area contributed by atoms with Crippen molar-refractivity contribution in [2.75, 3.05) is 0 Å². The van der Waals surface area contributed by atoms with Crippen molar-refractivity contribution < 1.29 is 9.72 Å². The van der Waals surface area contributed by atoms with Gasteiger partial charge in [0, 0.05) is 29.1 Å². The topological polar surface area (TPSA) is 111 Å². The quantitative estimate of drug-likeness (QED) is 0.495. The normalized spacial score (nSPS) is 10.5. The second-order valence-corrected chi connectivity index (χ2v) is 5.17. The van der Waals surface area contributed by atoms with Gasteiger partial charge in [-0.25, -0.2) is 9.89 Å². The first-order valence-electron chi connectivity index (χ1n) is 6.13. The van der Waals surface area contributed by atoms with Crippen molar-refractivity contribution >= 4 is 23.7 Å². The Balaban J connectivity index is 2.38. The lowest BCUT2D eigenvalue weighted by Crippen LogP contribution is -2.17. The van der Waals surface area contributed by atoms with Crippen LogP contribution in [-0.4, -0.2) is 26.0 Å². The summed E-state index contributed by atoms with van der Waals surface area (Å²) in [7, 11) is 0. The van der Waals surface area contributed by atoms with Crippen LogP contribution in [0.15, 0.2) is 33.0 Å². The van der Waals surface area contributed by atoms with Crippen LogP contribution in [0.1, 0.15) is 23.7 Å². The summed E-state index contributed by atoms with van der Waals surface area (Å²) in [6, 6.07) is 3.98. The lowest BCUT2D eigenvalue weighted by molar-refractivity contribution is -0.384. The molecule has 0 spiro atoms. The highest BCUT2D eigenvalue weighted by Gasteiger charge is 2.15. The number of non-ortho nitro benzene ring substituents is 1. The summed E-state index contributed by atoms with van der Waals surface area (Å²) >= 11 is 1.11. The van der Waals surface area contributed by atoms with E-state index in [2.05, 4.69) is 10.2 Å². The molecule has 0 radical (unpaired) electrons.